The Morgan fingerprint density at radius 3 is 1.21 bits per heavy atom. The Morgan fingerprint density at radius 2 is 0.809 bits per heavy atom. The van der Waals surface area contributed by atoms with Crippen molar-refractivity contribution < 1.29 is 37.6 Å². The molecule has 3 N–H and O–H groups in total. The van der Waals surface area contributed by atoms with Crippen LogP contribution in [0.5, 0.6) is 0 Å². The summed E-state index contributed by atoms with van der Waals surface area (Å²) in [5.74, 6) is -0.831. The first-order chi connectivity index (χ1) is 33.3. The van der Waals surface area contributed by atoms with E-state index in [1.807, 2.05) is 0 Å². The lowest BCUT2D eigenvalue weighted by Crippen LogP contribution is -2.29. The number of ether oxygens (including phenoxy) is 2. The van der Waals surface area contributed by atoms with Gasteiger partial charge in [0.05, 0.1) is 13.2 Å². The number of unbranched alkanes of at least 4 members (excludes halogenated alkanes) is 27. The summed E-state index contributed by atoms with van der Waals surface area (Å²) in [7, 11) is -4.39. The molecule has 10 heteroatoms. The highest BCUT2D eigenvalue weighted by molar-refractivity contribution is 7.47. The standard InChI is InChI=1S/C58H104NO8P/c1-3-5-7-9-11-13-15-17-19-21-23-25-26-27-28-29-30-31-33-35-37-39-41-43-45-47-49-51-58(61)67-56(55-66-68(62,63)65-53-52-59)54-64-57(60)50-48-46-44-42-40-38-36-34-32-24-22-20-18-16-14-12-10-8-6-4-2/h5,7,11,13,17,19,23,25,27-28,30-31,56H,3-4,6,8-10,12,14-16,18,20-22,24,26,29,32-55,59H2,1-2H3,(H,62,63)/b7-5-,13-11-,19-17-,25-23-,28-27-,31-30-. The first kappa shape index (κ1) is 65.5. The number of hydrogen-bond acceptors (Lipinski definition) is 8. The number of esters is 2. The molecule has 394 valence electrons. The van der Waals surface area contributed by atoms with Crippen LogP contribution in [-0.2, 0) is 32.7 Å². The van der Waals surface area contributed by atoms with Gasteiger partial charge in [0.15, 0.2) is 6.10 Å². The molecule has 0 bridgehead atoms. The van der Waals surface area contributed by atoms with Gasteiger partial charge in [-0.05, 0) is 64.2 Å². The van der Waals surface area contributed by atoms with Gasteiger partial charge >= 0.3 is 19.8 Å². The fourth-order valence-corrected chi connectivity index (χ4v) is 8.52. The number of phosphoric acid groups is 1. The number of carbonyl (C=O) groups excluding carboxylic acids is 2. The van der Waals surface area contributed by atoms with Gasteiger partial charge in [0, 0.05) is 19.4 Å². The molecule has 0 heterocycles. The van der Waals surface area contributed by atoms with Crippen molar-refractivity contribution in [2.75, 3.05) is 26.4 Å². The highest BCUT2D eigenvalue weighted by atomic mass is 31.2. The summed E-state index contributed by atoms with van der Waals surface area (Å²) in [6, 6.07) is 0. The van der Waals surface area contributed by atoms with E-state index in [2.05, 4.69) is 86.8 Å². The molecule has 0 rings (SSSR count). The van der Waals surface area contributed by atoms with Crippen LogP contribution in [0.3, 0.4) is 0 Å². The van der Waals surface area contributed by atoms with Crippen molar-refractivity contribution in [2.45, 2.75) is 258 Å². The van der Waals surface area contributed by atoms with Crippen LogP contribution in [0, 0.1) is 0 Å². The normalized spacial score (nSPS) is 13.6. The molecule has 2 unspecified atom stereocenters. The van der Waals surface area contributed by atoms with E-state index in [1.54, 1.807) is 0 Å². The van der Waals surface area contributed by atoms with Crippen LogP contribution in [-0.4, -0.2) is 49.3 Å². The molecule has 0 aromatic rings. The summed E-state index contributed by atoms with van der Waals surface area (Å²) in [5.41, 5.74) is 5.38. The third kappa shape index (κ3) is 52.8. The average molecular weight is 974 g/mol. The molecule has 0 aromatic heterocycles. The second-order valence-corrected chi connectivity index (χ2v) is 19.9. The van der Waals surface area contributed by atoms with E-state index in [9.17, 15) is 19.0 Å². The van der Waals surface area contributed by atoms with Crippen molar-refractivity contribution >= 4 is 19.8 Å². The number of allylic oxidation sites excluding steroid dienone is 12. The van der Waals surface area contributed by atoms with E-state index < -0.39 is 26.5 Å². The van der Waals surface area contributed by atoms with E-state index >= 15 is 0 Å². The van der Waals surface area contributed by atoms with Gasteiger partial charge in [0.25, 0.3) is 0 Å². The van der Waals surface area contributed by atoms with E-state index in [-0.39, 0.29) is 38.6 Å². The fourth-order valence-electron chi connectivity index (χ4n) is 7.76. The third-order valence-electron chi connectivity index (χ3n) is 11.9. The van der Waals surface area contributed by atoms with Gasteiger partial charge in [-0.15, -0.1) is 0 Å². The predicted molar refractivity (Wildman–Crippen MR) is 289 cm³/mol. The fraction of sp³-hybridized carbons (Fsp3) is 0.759. The van der Waals surface area contributed by atoms with E-state index in [0.717, 1.165) is 83.5 Å². The summed E-state index contributed by atoms with van der Waals surface area (Å²) in [6.07, 6.45) is 68.0. The lowest BCUT2D eigenvalue weighted by atomic mass is 10.0. The molecule has 0 amide bonds. The molecule has 0 saturated heterocycles. The zero-order chi connectivity index (χ0) is 49.5. The molecule has 9 nitrogen and oxygen atoms in total. The van der Waals surface area contributed by atoms with Crippen molar-refractivity contribution in [3.63, 3.8) is 0 Å². The smallest absolute Gasteiger partial charge is 0.462 e. The lowest BCUT2D eigenvalue weighted by Gasteiger charge is -2.19. The molecule has 0 aliphatic carbocycles. The SMILES string of the molecule is CC/C=C\C/C=C\C/C=C\C/C=C\C/C=C\C/C=C\CCCCCCCCCCC(=O)OC(COC(=O)CCCCCCCCCCCCCCCCCCCCCC)COP(=O)(O)OCCN. The lowest BCUT2D eigenvalue weighted by molar-refractivity contribution is -0.161. The number of hydrogen-bond donors (Lipinski definition) is 2. The minimum Gasteiger partial charge on any atom is -0.462 e. The molecule has 0 radical (unpaired) electrons. The third-order valence-corrected chi connectivity index (χ3v) is 12.8. The largest absolute Gasteiger partial charge is 0.472 e. The summed E-state index contributed by atoms with van der Waals surface area (Å²) < 4.78 is 33.0. The van der Waals surface area contributed by atoms with Gasteiger partial charge in [0.1, 0.15) is 6.61 Å². The number of carbonyl (C=O) groups is 2. The van der Waals surface area contributed by atoms with Gasteiger partial charge in [-0.3, -0.25) is 18.6 Å². The van der Waals surface area contributed by atoms with Crippen molar-refractivity contribution in [3.05, 3.63) is 72.9 Å². The molecule has 0 aliphatic heterocycles. The van der Waals surface area contributed by atoms with Gasteiger partial charge in [-0.1, -0.05) is 247 Å². The quantitative estimate of drug-likeness (QED) is 0.0264. The second kappa shape index (κ2) is 53.8. The topological polar surface area (TPSA) is 134 Å². The Labute approximate surface area is 418 Å². The van der Waals surface area contributed by atoms with E-state index in [1.165, 1.54) is 135 Å². The van der Waals surface area contributed by atoms with Crippen LogP contribution in [0.1, 0.15) is 251 Å². The molecule has 0 spiro atoms. The summed E-state index contributed by atoms with van der Waals surface area (Å²) in [4.78, 5) is 35.2. The highest BCUT2D eigenvalue weighted by Crippen LogP contribution is 2.43. The Kier molecular flexibility index (Phi) is 51.8. The van der Waals surface area contributed by atoms with Crippen LogP contribution in [0.15, 0.2) is 72.9 Å². The molecule has 68 heavy (non-hydrogen) atoms. The maximum atomic E-state index is 12.7. The minimum absolute atomic E-state index is 0.0501. The van der Waals surface area contributed by atoms with Crippen LogP contribution in [0.2, 0.25) is 0 Å². The number of rotatable bonds is 52. The molecular weight excluding hydrogens is 870 g/mol. The number of phosphoric ester groups is 1. The van der Waals surface area contributed by atoms with Crippen molar-refractivity contribution in [3.8, 4) is 0 Å². The highest BCUT2D eigenvalue weighted by Gasteiger charge is 2.26. The molecule has 2 atom stereocenters. The van der Waals surface area contributed by atoms with Crippen LogP contribution < -0.4 is 5.73 Å². The van der Waals surface area contributed by atoms with Gasteiger partial charge in [-0.2, -0.15) is 0 Å². The van der Waals surface area contributed by atoms with E-state index in [4.69, 9.17) is 24.3 Å². The van der Waals surface area contributed by atoms with E-state index in [0.29, 0.717) is 6.42 Å². The van der Waals surface area contributed by atoms with Gasteiger partial charge in [0.2, 0.25) is 0 Å². The molecule has 0 aliphatic rings. The Hall–Kier alpha value is -2.55. The van der Waals surface area contributed by atoms with Gasteiger partial charge < -0.3 is 20.1 Å². The monoisotopic (exact) mass is 974 g/mol. The van der Waals surface area contributed by atoms with Crippen molar-refractivity contribution in [2.24, 2.45) is 5.73 Å². The maximum absolute atomic E-state index is 12.7. The molecule has 0 fully saturated rings. The summed E-state index contributed by atoms with van der Waals surface area (Å²) in [5, 5.41) is 0. The molecule has 0 aromatic carbocycles. The zero-order valence-electron chi connectivity index (χ0n) is 43.8. The minimum atomic E-state index is -4.39. The second-order valence-electron chi connectivity index (χ2n) is 18.4. The first-order valence-electron chi connectivity index (χ1n) is 27.9. The number of nitrogens with two attached hydrogens (primary N) is 1. The summed E-state index contributed by atoms with van der Waals surface area (Å²) >= 11 is 0. The van der Waals surface area contributed by atoms with Crippen molar-refractivity contribution in [1.29, 1.82) is 0 Å². The van der Waals surface area contributed by atoms with Crippen LogP contribution >= 0.6 is 7.82 Å². The average Bonchev–Trinajstić information content (AvgIpc) is 3.33. The predicted octanol–water partition coefficient (Wildman–Crippen LogP) is 17.3. The molecular formula is C58H104NO8P. The van der Waals surface area contributed by atoms with Crippen molar-refractivity contribution in [1.82, 2.24) is 0 Å². The Balaban J connectivity index is 4.03. The van der Waals surface area contributed by atoms with Crippen LogP contribution in [0.4, 0.5) is 0 Å². The van der Waals surface area contributed by atoms with Gasteiger partial charge in [-0.25, -0.2) is 4.57 Å². The maximum Gasteiger partial charge on any atom is 0.472 e. The Morgan fingerprint density at radius 1 is 0.456 bits per heavy atom. The van der Waals surface area contributed by atoms with Crippen LogP contribution in [0.25, 0.3) is 0 Å². The summed E-state index contributed by atoms with van der Waals surface area (Å²) in [6.45, 7) is 3.65. The Bertz CT molecular complexity index is 1340. The zero-order valence-corrected chi connectivity index (χ0v) is 44.7. The molecule has 0 saturated carbocycles. The first-order valence-corrected chi connectivity index (χ1v) is 29.4.